The first-order valence-electron chi connectivity index (χ1n) is 7.93. The normalized spacial score (nSPS) is 38.7. The van der Waals surface area contributed by atoms with Gasteiger partial charge in [-0.25, -0.2) is 0 Å². The number of rotatable bonds is 2. The van der Waals surface area contributed by atoms with E-state index in [2.05, 4.69) is 40.5 Å². The molecule has 1 heterocycles. The van der Waals surface area contributed by atoms with Crippen molar-refractivity contribution in [3.8, 4) is 0 Å². The van der Waals surface area contributed by atoms with Crippen LogP contribution in [0.3, 0.4) is 0 Å². The van der Waals surface area contributed by atoms with Crippen molar-refractivity contribution in [2.24, 2.45) is 11.8 Å². The molecule has 0 radical (unpaired) electrons. The monoisotopic (exact) mass is 256 g/mol. The molecular weight excluding hydrogens is 232 g/mol. The Morgan fingerprint density at radius 2 is 1.95 bits per heavy atom. The van der Waals surface area contributed by atoms with Gasteiger partial charge < -0.3 is 5.32 Å². The third-order valence-corrected chi connectivity index (χ3v) is 5.60. The predicted molar refractivity (Wildman–Crippen MR) is 78.0 cm³/mol. The summed E-state index contributed by atoms with van der Waals surface area (Å²) >= 11 is 0. The number of piperazine rings is 1. The van der Waals surface area contributed by atoms with Gasteiger partial charge in [0.15, 0.2) is 0 Å². The summed E-state index contributed by atoms with van der Waals surface area (Å²) < 4.78 is 0. The van der Waals surface area contributed by atoms with E-state index in [1.807, 2.05) is 0 Å². The number of nitrogens with one attached hydrogen (secondary N) is 1. The first kappa shape index (κ1) is 11.9. The highest BCUT2D eigenvalue weighted by Gasteiger charge is 2.44. The Morgan fingerprint density at radius 1 is 1.05 bits per heavy atom. The SMILES string of the molecule is c1ccc(C2CNCCN2C2CC3CCC2C3)cc1. The van der Waals surface area contributed by atoms with E-state index >= 15 is 0 Å². The zero-order chi connectivity index (χ0) is 12.7. The van der Waals surface area contributed by atoms with Crippen LogP contribution in [0, 0.1) is 11.8 Å². The van der Waals surface area contributed by atoms with Gasteiger partial charge in [0.25, 0.3) is 0 Å². The molecule has 1 saturated heterocycles. The zero-order valence-electron chi connectivity index (χ0n) is 11.6. The van der Waals surface area contributed by atoms with Crippen LogP contribution in [0.25, 0.3) is 0 Å². The van der Waals surface area contributed by atoms with E-state index in [1.165, 1.54) is 37.8 Å². The minimum absolute atomic E-state index is 0.597. The highest BCUT2D eigenvalue weighted by molar-refractivity contribution is 5.21. The molecule has 1 aromatic rings. The fourth-order valence-corrected chi connectivity index (χ4v) is 4.72. The van der Waals surface area contributed by atoms with Crippen molar-refractivity contribution in [1.82, 2.24) is 10.2 Å². The van der Waals surface area contributed by atoms with Crippen molar-refractivity contribution in [3.05, 3.63) is 35.9 Å². The maximum absolute atomic E-state index is 3.59. The quantitative estimate of drug-likeness (QED) is 0.875. The number of hydrogen-bond donors (Lipinski definition) is 1. The maximum atomic E-state index is 3.59. The Labute approximate surface area is 116 Å². The lowest BCUT2D eigenvalue weighted by atomic mass is 9.91. The van der Waals surface area contributed by atoms with E-state index in [0.717, 1.165) is 31.0 Å². The van der Waals surface area contributed by atoms with E-state index in [0.29, 0.717) is 6.04 Å². The van der Waals surface area contributed by atoms with Gasteiger partial charge in [-0.1, -0.05) is 36.8 Å². The van der Waals surface area contributed by atoms with Crippen molar-refractivity contribution < 1.29 is 0 Å². The van der Waals surface area contributed by atoms with Gasteiger partial charge in [0.2, 0.25) is 0 Å². The van der Waals surface area contributed by atoms with Crippen LogP contribution in [0.2, 0.25) is 0 Å². The van der Waals surface area contributed by atoms with Crippen molar-refractivity contribution in [3.63, 3.8) is 0 Å². The van der Waals surface area contributed by atoms with Crippen LogP contribution in [-0.4, -0.2) is 30.6 Å². The molecule has 4 unspecified atom stereocenters. The third kappa shape index (κ3) is 2.11. The first-order chi connectivity index (χ1) is 9.42. The van der Waals surface area contributed by atoms with Crippen LogP contribution in [0.1, 0.15) is 37.3 Å². The average molecular weight is 256 g/mol. The molecule has 4 rings (SSSR count). The van der Waals surface area contributed by atoms with Gasteiger partial charge in [0.1, 0.15) is 0 Å². The van der Waals surface area contributed by atoms with Crippen LogP contribution in [-0.2, 0) is 0 Å². The predicted octanol–water partition coefficient (Wildman–Crippen LogP) is 2.82. The van der Waals surface area contributed by atoms with E-state index in [9.17, 15) is 0 Å². The molecule has 2 nitrogen and oxygen atoms in total. The second-order valence-corrected chi connectivity index (χ2v) is 6.61. The van der Waals surface area contributed by atoms with Gasteiger partial charge in [-0.3, -0.25) is 4.90 Å². The fraction of sp³-hybridized carbons (Fsp3) is 0.647. The van der Waals surface area contributed by atoms with Crippen molar-refractivity contribution in [1.29, 1.82) is 0 Å². The molecule has 2 heteroatoms. The number of nitrogens with zero attached hydrogens (tertiary/aromatic N) is 1. The summed E-state index contributed by atoms with van der Waals surface area (Å²) in [5, 5.41) is 3.59. The molecule has 0 amide bonds. The molecule has 2 bridgehead atoms. The summed E-state index contributed by atoms with van der Waals surface area (Å²) in [6.07, 6.45) is 5.97. The van der Waals surface area contributed by atoms with E-state index in [1.54, 1.807) is 0 Å². The largest absolute Gasteiger partial charge is 0.314 e. The summed E-state index contributed by atoms with van der Waals surface area (Å²) in [5.41, 5.74) is 1.50. The first-order valence-corrected chi connectivity index (χ1v) is 7.93. The van der Waals surface area contributed by atoms with Crippen LogP contribution < -0.4 is 5.32 Å². The Bertz CT molecular complexity index is 430. The maximum Gasteiger partial charge on any atom is 0.0476 e. The summed E-state index contributed by atoms with van der Waals surface area (Å²) in [6, 6.07) is 12.6. The molecule has 19 heavy (non-hydrogen) atoms. The standard InChI is InChI=1S/C17H24N2/c1-2-4-14(5-3-1)17-12-18-8-9-19(17)16-11-13-6-7-15(16)10-13/h1-5,13,15-18H,6-12H2. The summed E-state index contributed by atoms with van der Waals surface area (Å²) in [6.45, 7) is 3.52. The highest BCUT2D eigenvalue weighted by atomic mass is 15.2. The second-order valence-electron chi connectivity index (χ2n) is 6.61. The van der Waals surface area contributed by atoms with Crippen LogP contribution >= 0.6 is 0 Å². The molecule has 3 aliphatic rings. The lowest BCUT2D eigenvalue weighted by molar-refractivity contribution is 0.0720. The van der Waals surface area contributed by atoms with E-state index in [-0.39, 0.29) is 0 Å². The summed E-state index contributed by atoms with van der Waals surface area (Å²) in [5.74, 6) is 2.04. The Balaban J connectivity index is 1.58. The molecule has 4 atom stereocenters. The Morgan fingerprint density at radius 3 is 2.68 bits per heavy atom. The smallest absolute Gasteiger partial charge is 0.0476 e. The minimum atomic E-state index is 0.597. The van der Waals surface area contributed by atoms with Gasteiger partial charge in [-0.05, 0) is 36.7 Å². The minimum Gasteiger partial charge on any atom is -0.314 e. The molecule has 0 aromatic heterocycles. The van der Waals surface area contributed by atoms with E-state index in [4.69, 9.17) is 0 Å². The lowest BCUT2D eigenvalue weighted by Gasteiger charge is -2.43. The Kier molecular flexibility index (Phi) is 3.08. The van der Waals surface area contributed by atoms with Crippen LogP contribution in [0.15, 0.2) is 30.3 Å². The number of hydrogen-bond acceptors (Lipinski definition) is 2. The van der Waals surface area contributed by atoms with Crippen molar-refractivity contribution >= 4 is 0 Å². The lowest BCUT2D eigenvalue weighted by Crippen LogP contribution is -2.51. The van der Waals surface area contributed by atoms with Gasteiger partial charge in [-0.15, -0.1) is 0 Å². The molecular formula is C17H24N2. The summed E-state index contributed by atoms with van der Waals surface area (Å²) in [7, 11) is 0. The van der Waals surface area contributed by atoms with Gasteiger partial charge in [0, 0.05) is 31.7 Å². The topological polar surface area (TPSA) is 15.3 Å². The number of fused-ring (bicyclic) bond motifs is 2. The molecule has 1 aromatic carbocycles. The molecule has 3 fully saturated rings. The van der Waals surface area contributed by atoms with Gasteiger partial charge in [-0.2, -0.15) is 0 Å². The molecule has 1 N–H and O–H groups in total. The average Bonchev–Trinajstić information content (AvgIpc) is 3.11. The third-order valence-electron chi connectivity index (χ3n) is 5.60. The summed E-state index contributed by atoms with van der Waals surface area (Å²) in [4.78, 5) is 2.83. The van der Waals surface area contributed by atoms with Gasteiger partial charge >= 0.3 is 0 Å². The second kappa shape index (κ2) is 4.92. The van der Waals surface area contributed by atoms with Crippen LogP contribution in [0.4, 0.5) is 0 Å². The van der Waals surface area contributed by atoms with E-state index < -0.39 is 0 Å². The molecule has 2 aliphatic carbocycles. The molecule has 1 aliphatic heterocycles. The van der Waals surface area contributed by atoms with Gasteiger partial charge in [0.05, 0.1) is 0 Å². The highest BCUT2D eigenvalue weighted by Crippen LogP contribution is 2.48. The molecule has 2 saturated carbocycles. The van der Waals surface area contributed by atoms with Crippen molar-refractivity contribution in [2.75, 3.05) is 19.6 Å². The van der Waals surface area contributed by atoms with Crippen molar-refractivity contribution in [2.45, 2.75) is 37.8 Å². The Hall–Kier alpha value is -0.860. The molecule has 102 valence electrons. The van der Waals surface area contributed by atoms with Crippen LogP contribution in [0.5, 0.6) is 0 Å². The molecule has 0 spiro atoms. The fourth-order valence-electron chi connectivity index (χ4n) is 4.72. The number of benzene rings is 1. The zero-order valence-corrected chi connectivity index (χ0v) is 11.6.